The van der Waals surface area contributed by atoms with E-state index in [0.29, 0.717) is 0 Å². The van der Waals surface area contributed by atoms with E-state index in [1.54, 1.807) is 0 Å². The molecule has 0 aromatic heterocycles. The Morgan fingerprint density at radius 3 is 0.750 bits per heavy atom. The molecule has 0 rings (SSSR count). The molecule has 0 aromatic carbocycles. The van der Waals surface area contributed by atoms with E-state index < -0.39 is 0 Å². The number of hydrogen-bond donors (Lipinski definition) is 0. The summed E-state index contributed by atoms with van der Waals surface area (Å²) in [5.74, 6) is 0. The van der Waals surface area contributed by atoms with Crippen molar-refractivity contribution in [2.24, 2.45) is 0 Å². The Morgan fingerprint density at radius 1 is 0.750 bits per heavy atom. The molecule has 0 aromatic rings. The maximum absolute atomic E-state index is 3.00. The van der Waals surface area contributed by atoms with E-state index in [-0.39, 0.29) is 37.7 Å². The first kappa shape index (κ1) is 20.4. The van der Waals surface area contributed by atoms with E-state index in [4.69, 9.17) is 0 Å². The van der Waals surface area contributed by atoms with E-state index in [0.717, 1.165) is 0 Å². The maximum atomic E-state index is 3.00. The fraction of sp³-hybridized carbons (Fsp3) is 0. The fourth-order valence-electron chi connectivity index (χ4n) is 0. The summed E-state index contributed by atoms with van der Waals surface area (Å²) in [6.45, 7) is 6.00. The quantitative estimate of drug-likeness (QED) is 0.254. The van der Waals surface area contributed by atoms with Crippen LogP contribution < -0.4 is 0 Å². The molecule has 0 atom stereocenters. The van der Waals surface area contributed by atoms with Crippen molar-refractivity contribution in [1.29, 1.82) is 0 Å². The van der Waals surface area contributed by atoms with Crippen LogP contribution in [0.3, 0.4) is 0 Å². The van der Waals surface area contributed by atoms with Crippen LogP contribution in [0.4, 0.5) is 0 Å². The molecule has 0 fully saturated rings. The van der Waals surface area contributed by atoms with E-state index in [2.05, 4.69) is 13.2 Å². The van der Waals surface area contributed by atoms with Crippen LogP contribution in [0.15, 0.2) is 13.2 Å². The first-order valence-electron chi connectivity index (χ1n) is 0.500. The fourth-order valence-corrected chi connectivity index (χ4v) is 0. The molecule has 0 aliphatic carbocycles. The zero-order valence-corrected chi connectivity index (χ0v) is 1.41. The van der Waals surface area contributed by atoms with Gasteiger partial charge in [0.2, 0.25) is 0 Å². The first-order chi connectivity index (χ1) is 1.00. The average Bonchev–Trinajstić information content (AvgIpc) is 1.00. The Bertz CT molecular complexity index is 4.00. The van der Waals surface area contributed by atoms with Crippen molar-refractivity contribution in [2.45, 2.75) is 0 Å². The van der Waals surface area contributed by atoms with Gasteiger partial charge in [-0.25, -0.2) is 0 Å². The van der Waals surface area contributed by atoms with Crippen LogP contribution in [-0.2, 0) is 0 Å². The van der Waals surface area contributed by atoms with Gasteiger partial charge in [0.1, 0.15) is 0 Å². The summed E-state index contributed by atoms with van der Waals surface area (Å²) in [6.07, 6.45) is 0. The van der Waals surface area contributed by atoms with Crippen molar-refractivity contribution in [3.8, 4) is 0 Å². The summed E-state index contributed by atoms with van der Waals surface area (Å²) >= 11 is 0. The second-order valence-electron chi connectivity index (χ2n) is 0. The van der Waals surface area contributed by atoms with Gasteiger partial charge in [-0.1, -0.05) is 0 Å². The second kappa shape index (κ2) is 38.8. The predicted octanol–water partition coefficient (Wildman–Crippen LogP) is -0.495. The molecule has 0 amide bonds. The molecule has 0 heterocycles. The first-order valence-corrected chi connectivity index (χ1v) is 0.500. The predicted molar refractivity (Wildman–Crippen MR) is 25.6 cm³/mol. The van der Waals surface area contributed by atoms with Gasteiger partial charge in [0.15, 0.2) is 0 Å². The molecular weight excluding hydrogens is 37.9 g/mol. The molecule has 0 spiro atoms. The Balaban J connectivity index is -0.00000000500. The van der Waals surface area contributed by atoms with E-state index in [9.17, 15) is 0 Å². The molecule has 0 aliphatic rings. The van der Waals surface area contributed by atoms with Gasteiger partial charge in [0.25, 0.3) is 0 Å². The molecule has 2 heteroatoms. The van der Waals surface area contributed by atoms with Gasteiger partial charge in [0.05, 0.1) is 0 Å². The Labute approximate surface area is 51.0 Å². The average molecular weight is 44.0 g/mol. The molecule has 0 bridgehead atoms. The zero-order valence-electron chi connectivity index (χ0n) is 1.41. The normalized spacial score (nSPS) is 1.00. The third kappa shape index (κ3) is 12.6. The molecule has 0 aliphatic heterocycles. The second-order valence-corrected chi connectivity index (χ2v) is 0. The Morgan fingerprint density at radius 2 is 0.750 bits per heavy atom. The third-order valence-electron chi connectivity index (χ3n) is 0. The van der Waals surface area contributed by atoms with Crippen molar-refractivity contribution in [3.05, 3.63) is 13.2 Å². The summed E-state index contributed by atoms with van der Waals surface area (Å²) in [6, 6.07) is 0. The topological polar surface area (TPSA) is 0 Å². The summed E-state index contributed by atoms with van der Waals surface area (Å²) in [7, 11) is 0. The van der Waals surface area contributed by atoms with Gasteiger partial charge in [-0.3, -0.25) is 0 Å². The van der Waals surface area contributed by atoms with Crippen LogP contribution in [0.2, 0.25) is 0 Å². The summed E-state index contributed by atoms with van der Waals surface area (Å²) < 4.78 is 0. The summed E-state index contributed by atoms with van der Waals surface area (Å²) in [5.41, 5.74) is 0. The molecule has 0 unspecified atom stereocenters. The van der Waals surface area contributed by atoms with Crippen molar-refractivity contribution in [3.63, 3.8) is 0 Å². The van der Waals surface area contributed by atoms with Crippen molar-refractivity contribution >= 4 is 37.7 Å². The number of rotatable bonds is 0. The van der Waals surface area contributed by atoms with E-state index in [1.165, 1.54) is 0 Å². The summed E-state index contributed by atoms with van der Waals surface area (Å²) in [5, 5.41) is 0. The third-order valence-corrected chi connectivity index (χ3v) is 0. The van der Waals surface area contributed by atoms with Gasteiger partial charge in [-0.15, -0.1) is 13.2 Å². The van der Waals surface area contributed by atoms with Crippen LogP contribution in [0.1, 0.15) is 0 Å². The minimum atomic E-state index is 0. The van der Waals surface area contributed by atoms with Crippen LogP contribution in [0.25, 0.3) is 0 Å². The van der Waals surface area contributed by atoms with Crippen molar-refractivity contribution in [1.82, 2.24) is 0 Å². The molecule has 4 heavy (non-hydrogen) atoms. The monoisotopic (exact) mass is 44.1 g/mol. The van der Waals surface area contributed by atoms with Gasteiger partial charge in [0, 0.05) is 0 Å². The van der Waals surface area contributed by atoms with E-state index in [1.807, 2.05) is 0 Å². The molecule has 0 N–H and O–H groups in total. The zero-order chi connectivity index (χ0) is 2.00. The molecule has 16 valence electrons. The SMILES string of the molecule is C=C.[LiH].[LiH]. The van der Waals surface area contributed by atoms with Crippen LogP contribution >= 0.6 is 0 Å². The van der Waals surface area contributed by atoms with Gasteiger partial charge in [-0.2, -0.15) is 0 Å². The van der Waals surface area contributed by atoms with Crippen molar-refractivity contribution in [2.75, 3.05) is 0 Å². The van der Waals surface area contributed by atoms with Crippen LogP contribution in [0.5, 0.6) is 0 Å². The van der Waals surface area contributed by atoms with E-state index >= 15 is 0 Å². The summed E-state index contributed by atoms with van der Waals surface area (Å²) in [4.78, 5) is 0. The van der Waals surface area contributed by atoms with Gasteiger partial charge < -0.3 is 0 Å². The molecule has 0 saturated heterocycles. The molecule has 0 radical (unpaired) electrons. The molecular formula is C2H6Li2. The van der Waals surface area contributed by atoms with Crippen LogP contribution in [0, 0.1) is 0 Å². The van der Waals surface area contributed by atoms with Gasteiger partial charge >= 0.3 is 37.7 Å². The Hall–Kier alpha value is 0.935. The number of hydrogen-bond acceptors (Lipinski definition) is 0. The molecule has 0 saturated carbocycles. The van der Waals surface area contributed by atoms with Crippen LogP contribution in [-0.4, -0.2) is 37.7 Å². The standard InChI is InChI=1S/C2H4.2Li.2H/c1-2;;;;/h1-2H2;;;;. The van der Waals surface area contributed by atoms with Gasteiger partial charge in [-0.05, 0) is 0 Å². The molecule has 0 nitrogen and oxygen atoms in total. The minimum absolute atomic E-state index is 0. The Kier molecular flexibility index (Phi) is 198. The van der Waals surface area contributed by atoms with Crippen molar-refractivity contribution < 1.29 is 0 Å².